The van der Waals surface area contributed by atoms with Crippen molar-refractivity contribution in [3.63, 3.8) is 0 Å². The third kappa shape index (κ3) is 2.36. The van der Waals surface area contributed by atoms with Gasteiger partial charge in [0.05, 0.1) is 19.8 Å². The van der Waals surface area contributed by atoms with Crippen molar-refractivity contribution in [2.45, 2.75) is 6.42 Å². The molecule has 0 bridgehead atoms. The Hall–Kier alpha value is -3.02. The molecule has 6 heteroatoms. The number of hydrogen-bond acceptors (Lipinski definition) is 6. The summed E-state index contributed by atoms with van der Waals surface area (Å²) >= 11 is 0. The van der Waals surface area contributed by atoms with Crippen molar-refractivity contribution in [3.05, 3.63) is 48.0 Å². The minimum absolute atomic E-state index is 0.477. The van der Waals surface area contributed by atoms with E-state index in [1.54, 1.807) is 14.2 Å². The highest BCUT2D eigenvalue weighted by Crippen LogP contribution is 2.36. The first-order valence-corrected chi connectivity index (χ1v) is 7.71. The number of fused-ring (bicyclic) bond motifs is 1. The van der Waals surface area contributed by atoms with Gasteiger partial charge in [-0.3, -0.25) is 4.90 Å². The quantitative estimate of drug-likeness (QED) is 0.733. The van der Waals surface area contributed by atoms with Crippen molar-refractivity contribution in [1.29, 1.82) is 0 Å². The zero-order chi connectivity index (χ0) is 16.5. The van der Waals surface area contributed by atoms with Crippen LogP contribution >= 0.6 is 0 Å². The highest BCUT2D eigenvalue weighted by Gasteiger charge is 2.25. The largest absolute Gasteiger partial charge is 0.497 e. The molecule has 0 N–H and O–H groups in total. The molecule has 122 valence electrons. The van der Waals surface area contributed by atoms with E-state index < -0.39 is 0 Å². The summed E-state index contributed by atoms with van der Waals surface area (Å²) in [6.45, 7) is 0.830. The molecule has 0 saturated heterocycles. The monoisotopic (exact) mass is 323 g/mol. The summed E-state index contributed by atoms with van der Waals surface area (Å²) in [6, 6.07) is 14.2. The van der Waals surface area contributed by atoms with Gasteiger partial charge in [0.15, 0.2) is 0 Å². The highest BCUT2D eigenvalue weighted by molar-refractivity contribution is 5.69. The van der Waals surface area contributed by atoms with Crippen LogP contribution in [0.25, 0.3) is 11.4 Å². The Balaban J connectivity index is 1.72. The topological polar surface area (TPSA) is 60.6 Å². The number of ether oxygens (including phenoxy) is 2. The molecule has 24 heavy (non-hydrogen) atoms. The van der Waals surface area contributed by atoms with Crippen LogP contribution in [-0.2, 0) is 6.42 Å². The van der Waals surface area contributed by atoms with Gasteiger partial charge in [-0.1, -0.05) is 23.4 Å². The predicted octanol–water partition coefficient (Wildman–Crippen LogP) is 3.45. The van der Waals surface area contributed by atoms with Crippen LogP contribution in [0.2, 0.25) is 0 Å². The number of nitrogens with zero attached hydrogens (tertiary/aromatic N) is 3. The third-order valence-electron chi connectivity index (χ3n) is 4.18. The first-order chi connectivity index (χ1) is 11.8. The molecular formula is C18H17N3O3. The molecule has 0 fully saturated rings. The Labute approximate surface area is 139 Å². The molecule has 0 amide bonds. The summed E-state index contributed by atoms with van der Waals surface area (Å²) in [5.41, 5.74) is 3.14. The Morgan fingerprint density at radius 1 is 1.08 bits per heavy atom. The number of hydrogen-bond donors (Lipinski definition) is 0. The Morgan fingerprint density at radius 2 is 1.96 bits per heavy atom. The molecule has 0 spiro atoms. The predicted molar refractivity (Wildman–Crippen MR) is 90.0 cm³/mol. The summed E-state index contributed by atoms with van der Waals surface area (Å²) in [7, 11) is 3.23. The SMILES string of the molecule is COc1ccc(OC)c(-c2noc(N3CCc4ccccc43)n2)c1. The fourth-order valence-corrected chi connectivity index (χ4v) is 2.96. The lowest BCUT2D eigenvalue weighted by atomic mass is 10.2. The number of methoxy groups -OCH3 is 2. The van der Waals surface area contributed by atoms with E-state index in [-0.39, 0.29) is 0 Å². The number of benzene rings is 2. The average molecular weight is 323 g/mol. The maximum absolute atomic E-state index is 5.50. The van der Waals surface area contributed by atoms with Crippen molar-refractivity contribution in [1.82, 2.24) is 10.1 Å². The third-order valence-corrected chi connectivity index (χ3v) is 4.18. The van der Waals surface area contributed by atoms with Crippen LogP contribution in [0.1, 0.15) is 5.56 Å². The van der Waals surface area contributed by atoms with E-state index in [2.05, 4.69) is 22.3 Å². The van der Waals surface area contributed by atoms with Crippen molar-refractivity contribution >= 4 is 11.7 Å². The molecule has 2 heterocycles. The van der Waals surface area contributed by atoms with E-state index in [4.69, 9.17) is 14.0 Å². The van der Waals surface area contributed by atoms with Crippen molar-refractivity contribution < 1.29 is 14.0 Å². The molecule has 0 aliphatic carbocycles. The number of aromatic nitrogens is 2. The van der Waals surface area contributed by atoms with Crippen molar-refractivity contribution in [3.8, 4) is 22.9 Å². The number of para-hydroxylation sites is 1. The summed E-state index contributed by atoms with van der Waals surface area (Å²) in [6.07, 6.45) is 0.969. The normalized spacial score (nSPS) is 13.0. The van der Waals surface area contributed by atoms with Gasteiger partial charge in [0.2, 0.25) is 5.82 Å². The van der Waals surface area contributed by atoms with Gasteiger partial charge in [0.25, 0.3) is 0 Å². The summed E-state index contributed by atoms with van der Waals surface area (Å²) in [5.74, 6) is 1.86. The molecule has 1 aliphatic rings. The molecule has 0 saturated carbocycles. The molecule has 6 nitrogen and oxygen atoms in total. The highest BCUT2D eigenvalue weighted by atomic mass is 16.5. The molecular weight excluding hydrogens is 306 g/mol. The van der Waals surface area contributed by atoms with Crippen LogP contribution in [0.5, 0.6) is 11.5 Å². The lowest BCUT2D eigenvalue weighted by Crippen LogP contribution is -2.13. The van der Waals surface area contributed by atoms with Crippen LogP contribution < -0.4 is 14.4 Å². The summed E-state index contributed by atoms with van der Waals surface area (Å²) in [5, 5.41) is 4.12. The molecule has 0 atom stereocenters. The Kier molecular flexibility index (Phi) is 3.57. The molecule has 4 rings (SSSR count). The van der Waals surface area contributed by atoms with Crippen LogP contribution in [-0.4, -0.2) is 30.9 Å². The van der Waals surface area contributed by atoms with Gasteiger partial charge in [0, 0.05) is 12.2 Å². The zero-order valence-corrected chi connectivity index (χ0v) is 13.5. The molecule has 2 aromatic carbocycles. The molecule has 1 aliphatic heterocycles. The molecule has 3 aromatic rings. The standard InChI is InChI=1S/C18H17N3O3/c1-22-13-7-8-16(23-2)14(11-13)17-19-18(24-20-17)21-10-9-12-5-3-4-6-15(12)21/h3-8,11H,9-10H2,1-2H3. The minimum Gasteiger partial charge on any atom is -0.497 e. The van der Waals surface area contributed by atoms with Gasteiger partial charge in [-0.25, -0.2) is 0 Å². The fraction of sp³-hybridized carbons (Fsp3) is 0.222. The van der Waals surface area contributed by atoms with E-state index in [1.807, 2.05) is 35.2 Å². The minimum atomic E-state index is 0.477. The molecule has 0 radical (unpaired) electrons. The van der Waals surface area contributed by atoms with E-state index in [0.29, 0.717) is 23.3 Å². The first-order valence-electron chi connectivity index (χ1n) is 7.71. The molecule has 1 aromatic heterocycles. The van der Waals surface area contributed by atoms with Crippen molar-refractivity contribution in [2.75, 3.05) is 25.7 Å². The zero-order valence-electron chi connectivity index (χ0n) is 13.5. The number of rotatable bonds is 4. The van der Waals surface area contributed by atoms with E-state index >= 15 is 0 Å². The second kappa shape index (κ2) is 5.88. The van der Waals surface area contributed by atoms with Crippen LogP contribution in [0, 0.1) is 0 Å². The van der Waals surface area contributed by atoms with Gasteiger partial charge in [-0.05, 0) is 36.2 Å². The maximum atomic E-state index is 5.50. The second-order valence-electron chi connectivity index (χ2n) is 5.50. The van der Waals surface area contributed by atoms with Gasteiger partial charge < -0.3 is 14.0 Å². The van der Waals surface area contributed by atoms with E-state index in [1.165, 1.54) is 5.56 Å². The Morgan fingerprint density at radius 3 is 2.79 bits per heavy atom. The van der Waals surface area contributed by atoms with Gasteiger partial charge in [0.1, 0.15) is 11.5 Å². The fourth-order valence-electron chi connectivity index (χ4n) is 2.96. The van der Waals surface area contributed by atoms with Crippen molar-refractivity contribution in [2.24, 2.45) is 0 Å². The van der Waals surface area contributed by atoms with Gasteiger partial charge >= 0.3 is 6.01 Å². The summed E-state index contributed by atoms with van der Waals surface area (Å²) < 4.78 is 16.2. The van der Waals surface area contributed by atoms with E-state index in [9.17, 15) is 0 Å². The van der Waals surface area contributed by atoms with Crippen LogP contribution in [0.3, 0.4) is 0 Å². The van der Waals surface area contributed by atoms with Gasteiger partial charge in [-0.2, -0.15) is 4.98 Å². The number of anilines is 2. The second-order valence-corrected chi connectivity index (χ2v) is 5.50. The lowest BCUT2D eigenvalue weighted by molar-refractivity contribution is 0.402. The van der Waals surface area contributed by atoms with Gasteiger partial charge in [-0.15, -0.1) is 0 Å². The average Bonchev–Trinajstić information content (AvgIpc) is 3.27. The Bertz CT molecular complexity index is 875. The smallest absolute Gasteiger partial charge is 0.328 e. The van der Waals surface area contributed by atoms with Crippen LogP contribution in [0.4, 0.5) is 11.7 Å². The summed E-state index contributed by atoms with van der Waals surface area (Å²) in [4.78, 5) is 6.60. The molecule has 0 unspecified atom stereocenters. The van der Waals surface area contributed by atoms with Crippen LogP contribution in [0.15, 0.2) is 47.0 Å². The lowest BCUT2D eigenvalue weighted by Gasteiger charge is -2.12. The van der Waals surface area contributed by atoms with E-state index in [0.717, 1.165) is 24.2 Å². The maximum Gasteiger partial charge on any atom is 0.328 e. The first kappa shape index (κ1) is 14.6.